The van der Waals surface area contributed by atoms with Gasteiger partial charge >= 0.3 is 11.9 Å². The first kappa shape index (κ1) is 30.6. The summed E-state index contributed by atoms with van der Waals surface area (Å²) in [7, 11) is 1.44. The summed E-state index contributed by atoms with van der Waals surface area (Å²) in [5.41, 5.74) is -1.52. The number of ether oxygens (including phenoxy) is 2. The molecule has 1 unspecified atom stereocenters. The number of carbonyl (C=O) groups excluding carboxylic acids is 1. The second kappa shape index (κ2) is 12.5. The third-order valence-corrected chi connectivity index (χ3v) is 6.67. The lowest BCUT2D eigenvalue weighted by Gasteiger charge is -2.31. The highest BCUT2D eigenvalue weighted by molar-refractivity contribution is 5.91. The average molecular weight is 557 g/mol. The average Bonchev–Trinajstić information content (AvgIpc) is 2.91. The van der Waals surface area contributed by atoms with Gasteiger partial charge in [0.05, 0.1) is 18.9 Å². The molecule has 0 saturated carbocycles. The van der Waals surface area contributed by atoms with Crippen LogP contribution in [-0.2, 0) is 11.3 Å². The zero-order chi connectivity index (χ0) is 29.8. The minimum absolute atomic E-state index is 0.0146. The van der Waals surface area contributed by atoms with Crippen LogP contribution in [-0.4, -0.2) is 56.9 Å². The molecule has 2 aromatic carbocycles. The van der Waals surface area contributed by atoms with Crippen molar-refractivity contribution >= 4 is 11.9 Å². The van der Waals surface area contributed by atoms with Crippen molar-refractivity contribution in [1.29, 1.82) is 0 Å². The molecule has 40 heavy (non-hydrogen) atoms. The Balaban J connectivity index is 2.00. The van der Waals surface area contributed by atoms with E-state index in [1.165, 1.54) is 43.5 Å². The molecule has 2 N–H and O–H groups in total. The van der Waals surface area contributed by atoms with Gasteiger partial charge in [0, 0.05) is 30.3 Å². The van der Waals surface area contributed by atoms with Gasteiger partial charge in [-0.15, -0.1) is 0 Å². The molecular formula is C30H34F2N2O6. The monoisotopic (exact) mass is 556 g/mol. The number of hydrogen-bond acceptors (Lipinski definition) is 7. The molecule has 1 aromatic heterocycles. The highest BCUT2D eigenvalue weighted by Gasteiger charge is 2.42. The van der Waals surface area contributed by atoms with Crippen LogP contribution in [0.2, 0.25) is 0 Å². The SMILES string of the molecule is COc1cc(-c2ccc(OC(=O)c3cccc([C@H](O)C(C)(F)C(=O)O)c3)cc2CN(C(C)C)C(C)C)c(F)cn1. The molecule has 0 fully saturated rings. The Bertz CT molecular complexity index is 1370. The number of esters is 1. The van der Waals surface area contributed by atoms with Gasteiger partial charge in [-0.1, -0.05) is 18.2 Å². The number of methoxy groups -OCH3 is 1. The number of carboxylic acids is 1. The highest BCUT2D eigenvalue weighted by Crippen LogP contribution is 2.34. The first-order valence-corrected chi connectivity index (χ1v) is 12.8. The van der Waals surface area contributed by atoms with Crippen LogP contribution in [0.15, 0.2) is 54.7 Å². The lowest BCUT2D eigenvalue weighted by atomic mass is 9.93. The fourth-order valence-corrected chi connectivity index (χ4v) is 4.35. The van der Waals surface area contributed by atoms with E-state index >= 15 is 0 Å². The van der Waals surface area contributed by atoms with E-state index in [0.29, 0.717) is 17.7 Å². The van der Waals surface area contributed by atoms with Crippen molar-refractivity contribution < 1.29 is 38.1 Å². The van der Waals surface area contributed by atoms with Crippen molar-refractivity contribution in [3.8, 4) is 22.8 Å². The number of benzene rings is 2. The lowest BCUT2D eigenvalue weighted by molar-refractivity contribution is -0.158. The summed E-state index contributed by atoms with van der Waals surface area (Å²) < 4.78 is 40.2. The Morgan fingerprint density at radius 2 is 1.73 bits per heavy atom. The molecule has 0 saturated heterocycles. The minimum atomic E-state index is -2.96. The first-order valence-electron chi connectivity index (χ1n) is 12.8. The molecule has 2 atom stereocenters. The van der Waals surface area contributed by atoms with Crippen LogP contribution in [0.5, 0.6) is 11.6 Å². The zero-order valence-electron chi connectivity index (χ0n) is 23.3. The summed E-state index contributed by atoms with van der Waals surface area (Å²) >= 11 is 0. The smallest absolute Gasteiger partial charge is 0.344 e. The van der Waals surface area contributed by atoms with Crippen LogP contribution < -0.4 is 9.47 Å². The molecule has 3 aromatic rings. The Morgan fingerprint density at radius 1 is 1.05 bits per heavy atom. The number of alkyl halides is 1. The summed E-state index contributed by atoms with van der Waals surface area (Å²) in [6.45, 7) is 9.36. The molecule has 0 spiro atoms. The molecule has 10 heteroatoms. The van der Waals surface area contributed by atoms with Crippen molar-refractivity contribution in [2.45, 2.75) is 65.0 Å². The third kappa shape index (κ3) is 6.81. The van der Waals surface area contributed by atoms with E-state index < -0.39 is 29.5 Å². The van der Waals surface area contributed by atoms with Gasteiger partial charge in [-0.25, -0.2) is 23.4 Å². The van der Waals surface area contributed by atoms with Crippen LogP contribution in [0.3, 0.4) is 0 Å². The Hall–Kier alpha value is -3.89. The molecule has 0 radical (unpaired) electrons. The maximum absolute atomic E-state index is 14.9. The lowest BCUT2D eigenvalue weighted by Crippen LogP contribution is -2.37. The van der Waals surface area contributed by atoms with Gasteiger partial charge in [0.15, 0.2) is 0 Å². The van der Waals surface area contributed by atoms with E-state index in [9.17, 15) is 23.5 Å². The number of aliphatic carboxylic acids is 1. The predicted molar refractivity (Wildman–Crippen MR) is 146 cm³/mol. The van der Waals surface area contributed by atoms with E-state index in [1.807, 2.05) is 27.7 Å². The van der Waals surface area contributed by atoms with Crippen LogP contribution in [0.1, 0.15) is 62.2 Å². The van der Waals surface area contributed by atoms with Gasteiger partial charge < -0.3 is 19.7 Å². The second-order valence-corrected chi connectivity index (χ2v) is 10.2. The number of carbonyl (C=O) groups is 2. The number of aliphatic hydroxyl groups excluding tert-OH is 1. The summed E-state index contributed by atoms with van der Waals surface area (Å²) in [5, 5.41) is 19.4. The van der Waals surface area contributed by atoms with Crippen LogP contribution >= 0.6 is 0 Å². The van der Waals surface area contributed by atoms with Gasteiger partial charge in [-0.2, -0.15) is 0 Å². The van der Waals surface area contributed by atoms with Crippen molar-refractivity contribution in [2.75, 3.05) is 7.11 Å². The third-order valence-electron chi connectivity index (χ3n) is 6.67. The molecule has 8 nitrogen and oxygen atoms in total. The molecule has 1 heterocycles. The van der Waals surface area contributed by atoms with Gasteiger partial charge in [0.1, 0.15) is 17.7 Å². The number of aromatic nitrogens is 1. The summed E-state index contributed by atoms with van der Waals surface area (Å²) in [5.74, 6) is -2.74. The number of halogens is 2. The van der Waals surface area contributed by atoms with E-state index in [4.69, 9.17) is 14.6 Å². The molecule has 0 amide bonds. The fraction of sp³-hybridized carbons (Fsp3) is 0.367. The topological polar surface area (TPSA) is 109 Å². The highest BCUT2D eigenvalue weighted by atomic mass is 19.1. The number of carboxylic acid groups (broad SMARTS) is 1. The minimum Gasteiger partial charge on any atom is -0.481 e. The van der Waals surface area contributed by atoms with Gasteiger partial charge in [-0.05, 0) is 75.6 Å². The first-order chi connectivity index (χ1) is 18.8. The molecular weight excluding hydrogens is 522 g/mol. The predicted octanol–water partition coefficient (Wildman–Crippen LogP) is 5.58. The van der Waals surface area contributed by atoms with Crippen LogP contribution in [0.25, 0.3) is 11.1 Å². The van der Waals surface area contributed by atoms with Crippen molar-refractivity contribution in [3.63, 3.8) is 0 Å². The zero-order valence-corrected chi connectivity index (χ0v) is 23.3. The molecule has 0 aliphatic carbocycles. The maximum atomic E-state index is 14.9. The van der Waals surface area contributed by atoms with Gasteiger partial charge in [0.2, 0.25) is 11.5 Å². The Morgan fingerprint density at radius 3 is 2.33 bits per heavy atom. The van der Waals surface area contributed by atoms with Crippen molar-refractivity contribution in [3.05, 3.63) is 77.2 Å². The number of hydrogen-bond donors (Lipinski definition) is 2. The summed E-state index contributed by atoms with van der Waals surface area (Å²) in [4.78, 5) is 30.3. The standard InChI is InChI=1S/C30H34F2N2O6/c1-17(2)34(18(3)4)16-21-13-22(10-11-23(21)24-14-26(39-6)33-15-25(24)31)40-28(36)20-9-7-8-19(12-20)27(35)30(5,32)29(37)38/h7-15,17-18,27,35H,16H2,1-6H3,(H,37,38)/t27-,30?/m0/s1. The molecule has 3 rings (SSSR count). The molecule has 214 valence electrons. The molecule has 0 aliphatic heterocycles. The summed E-state index contributed by atoms with van der Waals surface area (Å²) in [6.07, 6.45) is -0.920. The second-order valence-electron chi connectivity index (χ2n) is 10.2. The van der Waals surface area contributed by atoms with E-state index in [-0.39, 0.29) is 40.4 Å². The van der Waals surface area contributed by atoms with Crippen LogP contribution in [0.4, 0.5) is 8.78 Å². The van der Waals surface area contributed by atoms with E-state index in [1.54, 1.807) is 12.1 Å². The number of aliphatic hydroxyl groups is 1. The largest absolute Gasteiger partial charge is 0.481 e. The van der Waals surface area contributed by atoms with E-state index in [0.717, 1.165) is 13.1 Å². The maximum Gasteiger partial charge on any atom is 0.344 e. The Kier molecular flexibility index (Phi) is 9.60. The van der Waals surface area contributed by atoms with Crippen molar-refractivity contribution in [2.24, 2.45) is 0 Å². The van der Waals surface area contributed by atoms with Gasteiger partial charge in [0.25, 0.3) is 0 Å². The van der Waals surface area contributed by atoms with E-state index in [2.05, 4.69) is 9.88 Å². The van der Waals surface area contributed by atoms with Crippen molar-refractivity contribution in [1.82, 2.24) is 9.88 Å². The fourth-order valence-electron chi connectivity index (χ4n) is 4.35. The van der Waals surface area contributed by atoms with Gasteiger partial charge in [-0.3, -0.25) is 4.90 Å². The molecule has 0 aliphatic rings. The number of pyridine rings is 1. The normalized spacial score (nSPS) is 13.8. The quantitative estimate of drug-likeness (QED) is 0.233. The van der Waals surface area contributed by atoms with Crippen LogP contribution in [0, 0.1) is 5.82 Å². The Labute approximate surface area is 232 Å². The number of nitrogens with zero attached hydrogens (tertiary/aromatic N) is 2. The number of rotatable bonds is 11. The summed E-state index contributed by atoms with van der Waals surface area (Å²) in [6, 6.07) is 12.0. The molecule has 0 bridgehead atoms.